The van der Waals surface area contributed by atoms with Gasteiger partial charge in [-0.05, 0) is 23.3 Å². The lowest BCUT2D eigenvalue weighted by Gasteiger charge is -2.15. The van der Waals surface area contributed by atoms with E-state index in [1.165, 1.54) is 17.2 Å². The second-order valence-electron chi connectivity index (χ2n) is 4.89. The molecule has 0 fully saturated rings. The van der Waals surface area contributed by atoms with Crippen molar-refractivity contribution >= 4 is 5.69 Å². The Morgan fingerprint density at radius 1 is 0.947 bits per heavy atom. The topological polar surface area (TPSA) is 15.3 Å². The Morgan fingerprint density at radius 3 is 2.26 bits per heavy atom. The van der Waals surface area contributed by atoms with Gasteiger partial charge in [0.1, 0.15) is 5.82 Å². The van der Waals surface area contributed by atoms with Crippen LogP contribution >= 0.6 is 0 Å². The number of rotatable bonds is 4. The molecule has 2 aromatic rings. The summed E-state index contributed by atoms with van der Waals surface area (Å²) in [5.41, 5.74) is 3.40. The van der Waals surface area contributed by atoms with Crippen LogP contribution in [0.15, 0.2) is 48.5 Å². The van der Waals surface area contributed by atoms with E-state index in [1.54, 1.807) is 12.1 Å². The maximum absolute atomic E-state index is 13.4. The van der Waals surface area contributed by atoms with Gasteiger partial charge in [-0.1, -0.05) is 36.4 Å². The van der Waals surface area contributed by atoms with Crippen molar-refractivity contribution in [2.45, 2.75) is 13.1 Å². The zero-order valence-electron chi connectivity index (χ0n) is 10.8. The van der Waals surface area contributed by atoms with Crippen molar-refractivity contribution in [2.75, 3.05) is 18.4 Å². The summed E-state index contributed by atoms with van der Waals surface area (Å²) >= 11 is 0. The molecule has 0 radical (unpaired) electrons. The molecule has 1 N–H and O–H groups in total. The summed E-state index contributed by atoms with van der Waals surface area (Å²) < 4.78 is 13.4. The molecule has 3 heteroatoms. The molecule has 0 unspecified atom stereocenters. The number of benzene rings is 2. The van der Waals surface area contributed by atoms with Crippen LogP contribution in [-0.2, 0) is 13.1 Å². The largest absolute Gasteiger partial charge is 0.381 e. The molecule has 1 aliphatic heterocycles. The van der Waals surface area contributed by atoms with Crippen molar-refractivity contribution in [3.63, 3.8) is 0 Å². The van der Waals surface area contributed by atoms with Gasteiger partial charge in [-0.2, -0.15) is 0 Å². The third-order valence-electron chi connectivity index (χ3n) is 3.52. The Kier molecular flexibility index (Phi) is 3.47. The molecule has 1 heterocycles. The molecule has 0 saturated carbocycles. The van der Waals surface area contributed by atoms with Gasteiger partial charge in [0.25, 0.3) is 0 Å². The van der Waals surface area contributed by atoms with Gasteiger partial charge >= 0.3 is 0 Å². The first kappa shape index (κ1) is 12.2. The minimum Gasteiger partial charge on any atom is -0.381 e. The van der Waals surface area contributed by atoms with E-state index in [9.17, 15) is 4.39 Å². The number of halogens is 1. The van der Waals surface area contributed by atoms with Gasteiger partial charge in [-0.25, -0.2) is 4.39 Å². The number of fused-ring (bicyclic) bond motifs is 1. The second kappa shape index (κ2) is 5.41. The lowest BCUT2D eigenvalue weighted by Crippen LogP contribution is -2.24. The monoisotopic (exact) mass is 256 g/mol. The zero-order chi connectivity index (χ0) is 13.1. The first-order valence-corrected chi connectivity index (χ1v) is 6.60. The molecule has 0 aliphatic carbocycles. The highest BCUT2D eigenvalue weighted by molar-refractivity contribution is 5.44. The van der Waals surface area contributed by atoms with Crippen LogP contribution < -0.4 is 5.32 Å². The Balaban J connectivity index is 1.51. The van der Waals surface area contributed by atoms with E-state index in [-0.39, 0.29) is 5.82 Å². The summed E-state index contributed by atoms with van der Waals surface area (Å²) in [4.78, 5) is 2.37. The molecule has 2 nitrogen and oxygen atoms in total. The number of para-hydroxylation sites is 1. The molecular formula is C16H17FN2. The smallest absolute Gasteiger partial charge is 0.146 e. The average Bonchev–Trinajstić information content (AvgIpc) is 2.83. The molecule has 0 saturated heterocycles. The summed E-state index contributed by atoms with van der Waals surface area (Å²) in [5, 5.41) is 3.15. The fourth-order valence-electron chi connectivity index (χ4n) is 2.52. The standard InChI is InChI=1S/C16H17FN2/c17-15-7-3-4-8-16(15)18-9-10-19-11-13-5-1-2-6-14(13)12-19/h1-8,18H,9-12H2. The number of anilines is 1. The van der Waals surface area contributed by atoms with Crippen LogP contribution in [0.25, 0.3) is 0 Å². The summed E-state index contributed by atoms with van der Waals surface area (Å²) in [6.07, 6.45) is 0. The van der Waals surface area contributed by atoms with Crippen molar-refractivity contribution in [1.29, 1.82) is 0 Å². The van der Waals surface area contributed by atoms with Crippen molar-refractivity contribution in [3.05, 3.63) is 65.5 Å². The molecule has 19 heavy (non-hydrogen) atoms. The number of nitrogens with one attached hydrogen (secondary N) is 1. The van der Waals surface area contributed by atoms with Crippen molar-refractivity contribution < 1.29 is 4.39 Å². The highest BCUT2D eigenvalue weighted by Gasteiger charge is 2.17. The van der Waals surface area contributed by atoms with Crippen LogP contribution in [0.2, 0.25) is 0 Å². The van der Waals surface area contributed by atoms with Gasteiger partial charge in [0, 0.05) is 26.2 Å². The van der Waals surface area contributed by atoms with Gasteiger partial charge in [-0.3, -0.25) is 4.90 Å². The highest BCUT2D eigenvalue weighted by atomic mass is 19.1. The summed E-state index contributed by atoms with van der Waals surface area (Å²) in [5.74, 6) is -0.188. The van der Waals surface area contributed by atoms with Crippen LogP contribution in [0, 0.1) is 5.82 Å². The van der Waals surface area contributed by atoms with Crippen molar-refractivity contribution in [1.82, 2.24) is 4.90 Å². The van der Waals surface area contributed by atoms with Gasteiger partial charge in [0.2, 0.25) is 0 Å². The van der Waals surface area contributed by atoms with Crippen LogP contribution in [0.5, 0.6) is 0 Å². The van der Waals surface area contributed by atoms with E-state index in [2.05, 4.69) is 34.5 Å². The molecule has 0 aromatic heterocycles. The normalized spacial score (nSPS) is 14.4. The molecular weight excluding hydrogens is 239 g/mol. The van der Waals surface area contributed by atoms with Crippen LogP contribution in [0.3, 0.4) is 0 Å². The number of hydrogen-bond donors (Lipinski definition) is 1. The van der Waals surface area contributed by atoms with Crippen LogP contribution in [0.4, 0.5) is 10.1 Å². The van der Waals surface area contributed by atoms with Gasteiger partial charge < -0.3 is 5.32 Å². The molecule has 0 spiro atoms. The van der Waals surface area contributed by atoms with Gasteiger partial charge in [-0.15, -0.1) is 0 Å². The molecule has 98 valence electrons. The fraction of sp³-hybridized carbons (Fsp3) is 0.250. The lowest BCUT2D eigenvalue weighted by atomic mass is 10.1. The summed E-state index contributed by atoms with van der Waals surface area (Å²) in [6.45, 7) is 3.67. The van der Waals surface area contributed by atoms with E-state index >= 15 is 0 Å². The average molecular weight is 256 g/mol. The van der Waals surface area contributed by atoms with Crippen molar-refractivity contribution in [2.24, 2.45) is 0 Å². The quantitative estimate of drug-likeness (QED) is 0.903. The van der Waals surface area contributed by atoms with E-state index in [1.807, 2.05) is 6.07 Å². The molecule has 2 aromatic carbocycles. The van der Waals surface area contributed by atoms with Gasteiger partial charge in [0.15, 0.2) is 0 Å². The lowest BCUT2D eigenvalue weighted by molar-refractivity contribution is 0.296. The highest BCUT2D eigenvalue weighted by Crippen LogP contribution is 2.21. The summed E-state index contributed by atoms with van der Waals surface area (Å²) in [7, 11) is 0. The third kappa shape index (κ3) is 2.76. The predicted octanol–water partition coefficient (Wildman–Crippen LogP) is 3.25. The third-order valence-corrected chi connectivity index (χ3v) is 3.52. The van der Waals surface area contributed by atoms with Crippen LogP contribution in [0.1, 0.15) is 11.1 Å². The van der Waals surface area contributed by atoms with Crippen molar-refractivity contribution in [3.8, 4) is 0 Å². The summed E-state index contributed by atoms with van der Waals surface area (Å²) in [6, 6.07) is 15.3. The molecule has 0 atom stereocenters. The van der Waals surface area contributed by atoms with E-state index in [0.29, 0.717) is 5.69 Å². The number of nitrogens with zero attached hydrogens (tertiary/aromatic N) is 1. The van der Waals surface area contributed by atoms with Gasteiger partial charge in [0.05, 0.1) is 5.69 Å². The maximum Gasteiger partial charge on any atom is 0.146 e. The minimum absolute atomic E-state index is 0.188. The van der Waals surface area contributed by atoms with E-state index < -0.39 is 0 Å². The molecule has 0 amide bonds. The number of hydrogen-bond acceptors (Lipinski definition) is 2. The molecule has 1 aliphatic rings. The minimum atomic E-state index is -0.188. The SMILES string of the molecule is Fc1ccccc1NCCN1Cc2ccccc2C1. The first-order chi connectivity index (χ1) is 9.33. The first-order valence-electron chi connectivity index (χ1n) is 6.60. The Bertz CT molecular complexity index is 543. The predicted molar refractivity (Wildman–Crippen MR) is 75.4 cm³/mol. The van der Waals surface area contributed by atoms with E-state index in [4.69, 9.17) is 0 Å². The molecule has 3 rings (SSSR count). The zero-order valence-corrected chi connectivity index (χ0v) is 10.8. The Morgan fingerprint density at radius 2 is 1.58 bits per heavy atom. The van der Waals surface area contributed by atoms with Crippen LogP contribution in [-0.4, -0.2) is 18.0 Å². The molecule has 0 bridgehead atoms. The Labute approximate surface area is 112 Å². The van der Waals surface area contributed by atoms with E-state index in [0.717, 1.165) is 26.2 Å². The maximum atomic E-state index is 13.4. The second-order valence-corrected chi connectivity index (χ2v) is 4.89. The Hall–Kier alpha value is -1.87. The fourth-order valence-corrected chi connectivity index (χ4v) is 2.52.